The van der Waals surface area contributed by atoms with Gasteiger partial charge in [0.2, 0.25) is 15.9 Å². The van der Waals surface area contributed by atoms with Crippen molar-refractivity contribution in [2.45, 2.75) is 44.9 Å². The summed E-state index contributed by atoms with van der Waals surface area (Å²) in [5.74, 6) is 0.302. The average molecular weight is 452 g/mol. The maximum atomic E-state index is 13.4. The molecule has 1 N–H and O–H groups in total. The van der Waals surface area contributed by atoms with Gasteiger partial charge in [0.1, 0.15) is 5.69 Å². The monoisotopic (exact) mass is 451 g/mol. The highest BCUT2D eigenvalue weighted by Gasteiger charge is 2.36. The van der Waals surface area contributed by atoms with Gasteiger partial charge in [-0.1, -0.05) is 25.1 Å². The SMILES string of the molecule is Cc1noc(/C=C/c2cccs2)c1S(=O)(=O)N1CCCC(C(=O)NCCC(C)C)C1. The number of nitrogens with zero attached hydrogens (tertiary/aromatic N) is 2. The summed E-state index contributed by atoms with van der Waals surface area (Å²) in [5.41, 5.74) is 0.323. The number of thiophene rings is 1. The minimum atomic E-state index is -3.82. The molecular formula is C21H29N3O4S2. The third-order valence-electron chi connectivity index (χ3n) is 5.15. The van der Waals surface area contributed by atoms with Crippen molar-refractivity contribution in [3.05, 3.63) is 33.8 Å². The highest BCUT2D eigenvalue weighted by Crippen LogP contribution is 2.29. The van der Waals surface area contributed by atoms with Crippen molar-refractivity contribution in [2.24, 2.45) is 11.8 Å². The van der Waals surface area contributed by atoms with Gasteiger partial charge in [-0.05, 0) is 55.7 Å². The number of sulfonamides is 1. The molecule has 9 heteroatoms. The third-order valence-corrected chi connectivity index (χ3v) is 8.01. The second-order valence-corrected chi connectivity index (χ2v) is 10.8. The number of piperidine rings is 1. The Morgan fingerprint density at radius 3 is 2.93 bits per heavy atom. The molecule has 1 fully saturated rings. The second kappa shape index (κ2) is 9.89. The standard InChI is InChI=1S/C21H29N3O4S2/c1-15(2)10-11-22-21(25)17-6-4-12-24(14-17)30(26,27)20-16(3)23-28-19(20)9-8-18-7-5-13-29-18/h5,7-9,13,15,17H,4,6,10-12,14H2,1-3H3,(H,22,25)/b9-8+. The van der Waals surface area contributed by atoms with Crippen molar-refractivity contribution >= 4 is 39.4 Å². The lowest BCUT2D eigenvalue weighted by molar-refractivity contribution is -0.126. The Morgan fingerprint density at radius 2 is 2.23 bits per heavy atom. The lowest BCUT2D eigenvalue weighted by Crippen LogP contribution is -2.45. The van der Waals surface area contributed by atoms with Gasteiger partial charge >= 0.3 is 0 Å². The molecule has 7 nitrogen and oxygen atoms in total. The molecule has 1 saturated heterocycles. The number of amides is 1. The van der Waals surface area contributed by atoms with Gasteiger partial charge in [-0.25, -0.2) is 8.42 Å². The van der Waals surface area contributed by atoms with Gasteiger partial charge in [-0.3, -0.25) is 4.79 Å². The Morgan fingerprint density at radius 1 is 1.43 bits per heavy atom. The van der Waals surface area contributed by atoms with Gasteiger partial charge in [0, 0.05) is 24.5 Å². The lowest BCUT2D eigenvalue weighted by Gasteiger charge is -2.31. The third kappa shape index (κ3) is 5.39. The summed E-state index contributed by atoms with van der Waals surface area (Å²) in [7, 11) is -3.82. The minimum Gasteiger partial charge on any atom is -0.356 e. The fourth-order valence-corrected chi connectivity index (χ4v) is 5.87. The van der Waals surface area contributed by atoms with Crippen molar-refractivity contribution in [1.82, 2.24) is 14.8 Å². The van der Waals surface area contributed by atoms with Gasteiger partial charge in [-0.15, -0.1) is 11.3 Å². The summed E-state index contributed by atoms with van der Waals surface area (Å²) < 4.78 is 33.5. The minimum absolute atomic E-state index is 0.0737. The van der Waals surface area contributed by atoms with Crippen LogP contribution >= 0.6 is 11.3 Å². The van der Waals surface area contributed by atoms with Crippen LogP contribution in [0.3, 0.4) is 0 Å². The summed E-state index contributed by atoms with van der Waals surface area (Å²) >= 11 is 1.55. The molecule has 1 aliphatic rings. The van der Waals surface area contributed by atoms with Crippen LogP contribution in [-0.4, -0.2) is 43.4 Å². The predicted molar refractivity (Wildman–Crippen MR) is 118 cm³/mol. The van der Waals surface area contributed by atoms with Crippen LogP contribution in [0.1, 0.15) is 49.4 Å². The average Bonchev–Trinajstić information content (AvgIpc) is 3.35. The van der Waals surface area contributed by atoms with Gasteiger partial charge < -0.3 is 9.84 Å². The molecule has 1 aliphatic heterocycles. The number of aryl methyl sites for hydroxylation is 1. The van der Waals surface area contributed by atoms with E-state index in [2.05, 4.69) is 24.3 Å². The van der Waals surface area contributed by atoms with Gasteiger partial charge in [-0.2, -0.15) is 4.31 Å². The van der Waals surface area contributed by atoms with Crippen LogP contribution in [0.5, 0.6) is 0 Å². The van der Waals surface area contributed by atoms with Crippen LogP contribution in [0.15, 0.2) is 26.9 Å². The number of hydrogen-bond donors (Lipinski definition) is 1. The van der Waals surface area contributed by atoms with E-state index >= 15 is 0 Å². The molecule has 0 bridgehead atoms. The summed E-state index contributed by atoms with van der Waals surface area (Å²) in [6.07, 6.45) is 5.68. The molecule has 0 saturated carbocycles. The van der Waals surface area contributed by atoms with Crippen LogP contribution < -0.4 is 5.32 Å². The molecule has 1 amide bonds. The topological polar surface area (TPSA) is 92.5 Å². The quantitative estimate of drug-likeness (QED) is 0.659. The van der Waals surface area contributed by atoms with E-state index in [1.54, 1.807) is 24.3 Å². The summed E-state index contributed by atoms with van der Waals surface area (Å²) in [6.45, 7) is 7.01. The molecule has 1 unspecified atom stereocenters. The molecule has 3 heterocycles. The van der Waals surface area contributed by atoms with Gasteiger partial charge in [0.15, 0.2) is 10.7 Å². The molecule has 0 aromatic carbocycles. The number of carbonyl (C=O) groups is 1. The fraction of sp³-hybridized carbons (Fsp3) is 0.524. The Hall–Kier alpha value is -1.97. The van der Waals surface area contributed by atoms with Crippen LogP contribution in [0, 0.1) is 18.8 Å². The van der Waals surface area contributed by atoms with Crippen molar-refractivity contribution in [3.63, 3.8) is 0 Å². The largest absolute Gasteiger partial charge is 0.356 e. The Labute approximate surface area is 182 Å². The smallest absolute Gasteiger partial charge is 0.248 e. The van der Waals surface area contributed by atoms with Crippen molar-refractivity contribution in [2.75, 3.05) is 19.6 Å². The highest BCUT2D eigenvalue weighted by atomic mass is 32.2. The van der Waals surface area contributed by atoms with E-state index in [1.807, 2.05) is 23.6 Å². The van der Waals surface area contributed by atoms with E-state index in [0.29, 0.717) is 37.5 Å². The number of nitrogens with one attached hydrogen (secondary N) is 1. The summed E-state index contributed by atoms with van der Waals surface area (Å²) in [5, 5.41) is 8.78. The van der Waals surface area contributed by atoms with E-state index in [1.165, 1.54) is 4.31 Å². The lowest BCUT2D eigenvalue weighted by atomic mass is 9.98. The Kier molecular flexibility index (Phi) is 7.49. The molecule has 1 atom stereocenters. The molecule has 2 aromatic heterocycles. The predicted octanol–water partition coefficient (Wildman–Crippen LogP) is 3.78. The number of hydrogen-bond acceptors (Lipinski definition) is 6. The number of carbonyl (C=O) groups excluding carboxylic acids is 1. The van der Waals surface area contributed by atoms with E-state index in [-0.39, 0.29) is 29.0 Å². The second-order valence-electron chi connectivity index (χ2n) is 7.99. The Balaban J connectivity index is 1.75. The zero-order valence-corrected chi connectivity index (χ0v) is 19.3. The van der Waals surface area contributed by atoms with Gasteiger partial charge in [0.25, 0.3) is 0 Å². The first-order valence-corrected chi connectivity index (χ1v) is 12.6. The van der Waals surface area contributed by atoms with E-state index in [9.17, 15) is 13.2 Å². The molecule has 3 rings (SSSR count). The molecule has 164 valence electrons. The van der Waals surface area contributed by atoms with E-state index in [0.717, 1.165) is 11.3 Å². The Bertz CT molecular complexity index is 978. The summed E-state index contributed by atoms with van der Waals surface area (Å²) in [4.78, 5) is 13.6. The maximum absolute atomic E-state index is 13.4. The maximum Gasteiger partial charge on any atom is 0.248 e. The molecule has 0 aliphatic carbocycles. The van der Waals surface area contributed by atoms with E-state index in [4.69, 9.17) is 4.52 Å². The molecular weight excluding hydrogens is 422 g/mol. The van der Waals surface area contributed by atoms with Crippen molar-refractivity contribution < 1.29 is 17.7 Å². The fourth-order valence-electron chi connectivity index (χ4n) is 3.47. The van der Waals surface area contributed by atoms with Crippen LogP contribution in [0.2, 0.25) is 0 Å². The molecule has 2 aromatic rings. The number of aromatic nitrogens is 1. The molecule has 0 radical (unpaired) electrons. The van der Waals surface area contributed by atoms with Crippen LogP contribution in [-0.2, 0) is 14.8 Å². The van der Waals surface area contributed by atoms with Gasteiger partial charge in [0.05, 0.1) is 5.92 Å². The van der Waals surface area contributed by atoms with E-state index < -0.39 is 10.0 Å². The zero-order chi connectivity index (χ0) is 21.7. The normalized spacial score (nSPS) is 18.3. The van der Waals surface area contributed by atoms with Crippen molar-refractivity contribution in [3.8, 4) is 0 Å². The zero-order valence-electron chi connectivity index (χ0n) is 17.6. The number of rotatable bonds is 8. The van der Waals surface area contributed by atoms with Crippen LogP contribution in [0.4, 0.5) is 0 Å². The first kappa shape index (κ1) is 22.7. The molecule has 30 heavy (non-hydrogen) atoms. The van der Waals surface area contributed by atoms with Crippen molar-refractivity contribution in [1.29, 1.82) is 0 Å². The first-order valence-electron chi connectivity index (χ1n) is 10.2. The first-order chi connectivity index (χ1) is 14.3. The van der Waals surface area contributed by atoms with Crippen LogP contribution in [0.25, 0.3) is 12.2 Å². The summed E-state index contributed by atoms with van der Waals surface area (Å²) in [6, 6.07) is 3.86. The highest BCUT2D eigenvalue weighted by molar-refractivity contribution is 7.89. The molecule has 0 spiro atoms.